The summed E-state index contributed by atoms with van der Waals surface area (Å²) in [6.07, 6.45) is -0.390. The van der Waals surface area contributed by atoms with Crippen molar-refractivity contribution in [1.82, 2.24) is 0 Å². The summed E-state index contributed by atoms with van der Waals surface area (Å²) in [6.45, 7) is 1.78. The van der Waals surface area contributed by atoms with Gasteiger partial charge in [-0.2, -0.15) is 0 Å². The summed E-state index contributed by atoms with van der Waals surface area (Å²) < 4.78 is 6.29. The Bertz CT molecular complexity index is 445. The summed E-state index contributed by atoms with van der Waals surface area (Å²) in [4.78, 5) is 0.994. The second-order valence-electron chi connectivity index (χ2n) is 3.23. The molecule has 1 heterocycles. The first-order valence-electron chi connectivity index (χ1n) is 4.46. The van der Waals surface area contributed by atoms with Gasteiger partial charge in [0.25, 0.3) is 0 Å². The van der Waals surface area contributed by atoms with Gasteiger partial charge in [-0.25, -0.2) is 0 Å². The van der Waals surface area contributed by atoms with Crippen molar-refractivity contribution >= 4 is 21.4 Å². The highest BCUT2D eigenvalue weighted by molar-refractivity contribution is 7.19. The number of benzene rings is 1. The molecular formula is C11H12O2S. The molecule has 14 heavy (non-hydrogen) atoms. The van der Waals surface area contributed by atoms with Crippen LogP contribution in [0.3, 0.4) is 0 Å². The molecular weight excluding hydrogens is 196 g/mol. The minimum atomic E-state index is -0.390. The van der Waals surface area contributed by atoms with Gasteiger partial charge < -0.3 is 9.84 Å². The molecule has 1 aromatic carbocycles. The van der Waals surface area contributed by atoms with Crippen molar-refractivity contribution in [2.75, 3.05) is 7.11 Å². The van der Waals surface area contributed by atoms with Gasteiger partial charge in [0, 0.05) is 9.58 Å². The van der Waals surface area contributed by atoms with Gasteiger partial charge in [0.15, 0.2) is 0 Å². The van der Waals surface area contributed by atoms with E-state index in [1.807, 2.05) is 24.3 Å². The van der Waals surface area contributed by atoms with E-state index in [0.717, 1.165) is 20.7 Å². The van der Waals surface area contributed by atoms with E-state index in [4.69, 9.17) is 4.74 Å². The fourth-order valence-electron chi connectivity index (χ4n) is 1.36. The number of ether oxygens (including phenoxy) is 1. The smallest absolute Gasteiger partial charge is 0.120 e. The minimum Gasteiger partial charge on any atom is -0.497 e. The fraction of sp³-hybridized carbons (Fsp3) is 0.273. The number of rotatable bonds is 2. The van der Waals surface area contributed by atoms with E-state index >= 15 is 0 Å². The topological polar surface area (TPSA) is 29.5 Å². The van der Waals surface area contributed by atoms with Crippen molar-refractivity contribution in [2.45, 2.75) is 13.0 Å². The number of aliphatic hydroxyl groups is 1. The molecule has 0 aliphatic rings. The van der Waals surface area contributed by atoms with Crippen molar-refractivity contribution in [3.8, 4) is 5.75 Å². The Kier molecular flexibility index (Phi) is 2.44. The molecule has 0 aliphatic heterocycles. The molecule has 0 saturated heterocycles. The van der Waals surface area contributed by atoms with Gasteiger partial charge in [0.05, 0.1) is 13.2 Å². The summed E-state index contributed by atoms with van der Waals surface area (Å²) in [7, 11) is 1.66. The van der Waals surface area contributed by atoms with Crippen molar-refractivity contribution in [1.29, 1.82) is 0 Å². The molecule has 0 aliphatic carbocycles. The quantitative estimate of drug-likeness (QED) is 0.822. The van der Waals surface area contributed by atoms with Crippen LogP contribution in [0.15, 0.2) is 24.3 Å². The molecule has 1 atom stereocenters. The molecule has 0 spiro atoms. The average molecular weight is 208 g/mol. The van der Waals surface area contributed by atoms with E-state index in [-0.39, 0.29) is 0 Å². The minimum absolute atomic E-state index is 0.390. The number of methoxy groups -OCH3 is 1. The third kappa shape index (κ3) is 1.61. The lowest BCUT2D eigenvalue weighted by molar-refractivity contribution is 0.203. The van der Waals surface area contributed by atoms with Gasteiger partial charge in [-0.1, -0.05) is 0 Å². The number of aliphatic hydroxyl groups excluding tert-OH is 1. The largest absolute Gasteiger partial charge is 0.497 e. The SMILES string of the molecule is COc1ccc2cc(C(C)O)sc2c1. The predicted octanol–water partition coefficient (Wildman–Crippen LogP) is 2.96. The van der Waals surface area contributed by atoms with Gasteiger partial charge in [-0.15, -0.1) is 11.3 Å². The summed E-state index contributed by atoms with van der Waals surface area (Å²) in [5.74, 6) is 0.858. The Morgan fingerprint density at radius 2 is 2.14 bits per heavy atom. The van der Waals surface area contributed by atoms with Crippen LogP contribution in [0.2, 0.25) is 0 Å². The maximum Gasteiger partial charge on any atom is 0.120 e. The lowest BCUT2D eigenvalue weighted by Crippen LogP contribution is -1.83. The van der Waals surface area contributed by atoms with Gasteiger partial charge in [0.1, 0.15) is 5.75 Å². The molecule has 0 saturated carbocycles. The molecule has 1 unspecified atom stereocenters. The zero-order valence-electron chi connectivity index (χ0n) is 8.15. The zero-order valence-corrected chi connectivity index (χ0v) is 8.97. The third-order valence-corrected chi connectivity index (χ3v) is 3.43. The van der Waals surface area contributed by atoms with E-state index < -0.39 is 6.10 Å². The highest BCUT2D eigenvalue weighted by Crippen LogP contribution is 2.32. The number of hydrogen-bond donors (Lipinski definition) is 1. The highest BCUT2D eigenvalue weighted by atomic mass is 32.1. The molecule has 0 fully saturated rings. The van der Waals surface area contributed by atoms with Crippen molar-refractivity contribution < 1.29 is 9.84 Å². The molecule has 0 bridgehead atoms. The van der Waals surface area contributed by atoms with Crippen LogP contribution in [0.4, 0.5) is 0 Å². The first-order chi connectivity index (χ1) is 6.70. The fourth-order valence-corrected chi connectivity index (χ4v) is 2.40. The van der Waals surface area contributed by atoms with Crippen LogP contribution in [0.1, 0.15) is 17.9 Å². The van der Waals surface area contributed by atoms with Crippen LogP contribution < -0.4 is 4.74 Å². The van der Waals surface area contributed by atoms with Crippen LogP contribution in [0.25, 0.3) is 10.1 Å². The van der Waals surface area contributed by atoms with Crippen molar-refractivity contribution in [2.24, 2.45) is 0 Å². The molecule has 0 radical (unpaired) electrons. The summed E-state index contributed by atoms with van der Waals surface area (Å²) >= 11 is 1.60. The van der Waals surface area contributed by atoms with Crippen LogP contribution in [0, 0.1) is 0 Å². The normalized spacial score (nSPS) is 13.1. The van der Waals surface area contributed by atoms with Gasteiger partial charge >= 0.3 is 0 Å². The van der Waals surface area contributed by atoms with Gasteiger partial charge in [-0.3, -0.25) is 0 Å². The van der Waals surface area contributed by atoms with Crippen LogP contribution in [0.5, 0.6) is 5.75 Å². The highest BCUT2D eigenvalue weighted by Gasteiger charge is 2.06. The maximum absolute atomic E-state index is 9.43. The lowest BCUT2D eigenvalue weighted by atomic mass is 10.2. The summed E-state index contributed by atoms with van der Waals surface area (Å²) in [5.41, 5.74) is 0. The Morgan fingerprint density at radius 1 is 1.36 bits per heavy atom. The Labute approximate surface area is 86.8 Å². The van der Waals surface area contributed by atoms with E-state index in [9.17, 15) is 5.11 Å². The average Bonchev–Trinajstić information content (AvgIpc) is 2.59. The van der Waals surface area contributed by atoms with Crippen molar-refractivity contribution in [3.63, 3.8) is 0 Å². The Hall–Kier alpha value is -1.06. The van der Waals surface area contributed by atoms with Gasteiger partial charge in [-0.05, 0) is 36.6 Å². The van der Waals surface area contributed by atoms with Crippen LogP contribution in [-0.2, 0) is 0 Å². The van der Waals surface area contributed by atoms with Crippen molar-refractivity contribution in [3.05, 3.63) is 29.1 Å². The van der Waals surface area contributed by atoms with E-state index in [2.05, 4.69) is 0 Å². The zero-order chi connectivity index (χ0) is 10.1. The molecule has 1 N–H and O–H groups in total. The second-order valence-corrected chi connectivity index (χ2v) is 4.34. The number of thiophene rings is 1. The van der Waals surface area contributed by atoms with E-state index in [1.54, 1.807) is 25.4 Å². The molecule has 2 nitrogen and oxygen atoms in total. The summed E-state index contributed by atoms with van der Waals surface area (Å²) in [5, 5.41) is 10.6. The Morgan fingerprint density at radius 3 is 2.79 bits per heavy atom. The second kappa shape index (κ2) is 3.59. The number of hydrogen-bond acceptors (Lipinski definition) is 3. The third-order valence-electron chi connectivity index (χ3n) is 2.16. The Balaban J connectivity index is 2.54. The molecule has 74 valence electrons. The molecule has 2 rings (SSSR count). The maximum atomic E-state index is 9.43. The number of fused-ring (bicyclic) bond motifs is 1. The standard InChI is InChI=1S/C11H12O2S/c1-7(12)10-5-8-3-4-9(13-2)6-11(8)14-10/h3-7,12H,1-2H3. The van der Waals surface area contributed by atoms with E-state index in [0.29, 0.717) is 0 Å². The summed E-state index contributed by atoms with van der Waals surface area (Å²) in [6, 6.07) is 7.95. The lowest BCUT2D eigenvalue weighted by Gasteiger charge is -1.97. The predicted molar refractivity (Wildman–Crippen MR) is 59.0 cm³/mol. The van der Waals surface area contributed by atoms with E-state index in [1.165, 1.54) is 0 Å². The molecule has 1 aromatic heterocycles. The monoisotopic (exact) mass is 208 g/mol. The first kappa shape index (κ1) is 9.49. The first-order valence-corrected chi connectivity index (χ1v) is 5.28. The van der Waals surface area contributed by atoms with Crippen LogP contribution in [-0.4, -0.2) is 12.2 Å². The van der Waals surface area contributed by atoms with Gasteiger partial charge in [0.2, 0.25) is 0 Å². The molecule has 0 amide bonds. The van der Waals surface area contributed by atoms with Crippen LogP contribution >= 0.6 is 11.3 Å². The molecule has 2 aromatic rings. The molecule has 3 heteroatoms.